The first-order valence-electron chi connectivity index (χ1n) is 11.8. The fraction of sp³-hybridized carbons (Fsp3) is 0.308. The fourth-order valence-corrected chi connectivity index (χ4v) is 4.51. The number of hydrogen-bond donors (Lipinski definition) is 0. The van der Waals surface area contributed by atoms with Gasteiger partial charge in [0.05, 0.1) is 19.0 Å². The Kier molecular flexibility index (Phi) is 6.41. The molecule has 0 unspecified atom stereocenters. The Hall–Kier alpha value is -4.21. The van der Waals surface area contributed by atoms with Crippen LogP contribution in [0.15, 0.2) is 59.5 Å². The van der Waals surface area contributed by atoms with Gasteiger partial charge in [-0.05, 0) is 55.5 Å². The molecule has 0 atom stereocenters. The van der Waals surface area contributed by atoms with Crippen LogP contribution in [0.3, 0.4) is 0 Å². The first kappa shape index (κ1) is 23.5. The third-order valence-corrected chi connectivity index (χ3v) is 6.57. The van der Waals surface area contributed by atoms with Gasteiger partial charge in [-0.3, -0.25) is 14.2 Å². The van der Waals surface area contributed by atoms with Gasteiger partial charge in [0, 0.05) is 44.8 Å². The maximum Gasteiger partial charge on any atom is 0.264 e. The van der Waals surface area contributed by atoms with E-state index in [-0.39, 0.29) is 30.2 Å². The third-order valence-electron chi connectivity index (χ3n) is 6.57. The average Bonchev–Trinajstić information content (AvgIpc) is 3.33. The lowest BCUT2D eigenvalue weighted by molar-refractivity contribution is -0.131. The normalized spacial score (nSPS) is 13.9. The standard InChI is InChI=1S/C26H27FN6O3/c1-18-29-25-23(17-28-33(25)21-5-3-19(27)4-6-21)26(35)32(18)12-11-24(34)31-15-13-30(14-16-31)20-7-9-22(36-2)10-8-20/h3-10,17H,11-16H2,1-2H3. The van der Waals surface area contributed by atoms with Crippen LogP contribution in [0.1, 0.15) is 12.2 Å². The molecule has 0 aliphatic carbocycles. The van der Waals surface area contributed by atoms with Crippen LogP contribution in [0, 0.1) is 12.7 Å². The summed E-state index contributed by atoms with van der Waals surface area (Å²) in [7, 11) is 1.64. The van der Waals surface area contributed by atoms with E-state index in [1.807, 2.05) is 29.2 Å². The lowest BCUT2D eigenvalue weighted by Crippen LogP contribution is -2.49. The topological polar surface area (TPSA) is 85.5 Å². The van der Waals surface area contributed by atoms with Gasteiger partial charge in [0.25, 0.3) is 5.56 Å². The monoisotopic (exact) mass is 490 g/mol. The maximum absolute atomic E-state index is 13.3. The van der Waals surface area contributed by atoms with Crippen LogP contribution in [-0.4, -0.2) is 63.4 Å². The first-order chi connectivity index (χ1) is 17.4. The number of benzene rings is 2. The molecule has 0 N–H and O–H groups in total. The van der Waals surface area contributed by atoms with E-state index >= 15 is 0 Å². The number of carbonyl (C=O) groups is 1. The molecule has 1 saturated heterocycles. The minimum Gasteiger partial charge on any atom is -0.497 e. The molecule has 2 aromatic carbocycles. The van der Waals surface area contributed by atoms with E-state index in [0.29, 0.717) is 35.6 Å². The Labute approximate surface area is 207 Å². The van der Waals surface area contributed by atoms with E-state index in [4.69, 9.17) is 4.74 Å². The maximum atomic E-state index is 13.3. The Morgan fingerprint density at radius 3 is 2.33 bits per heavy atom. The van der Waals surface area contributed by atoms with E-state index in [9.17, 15) is 14.0 Å². The zero-order valence-corrected chi connectivity index (χ0v) is 20.2. The summed E-state index contributed by atoms with van der Waals surface area (Å²) >= 11 is 0. The number of amides is 1. The average molecular weight is 491 g/mol. The van der Waals surface area contributed by atoms with Crippen LogP contribution in [0.5, 0.6) is 5.75 Å². The van der Waals surface area contributed by atoms with Crippen LogP contribution in [-0.2, 0) is 11.3 Å². The molecule has 10 heteroatoms. The van der Waals surface area contributed by atoms with Crippen LogP contribution >= 0.6 is 0 Å². The molecule has 0 radical (unpaired) electrons. The number of hydrogen-bond acceptors (Lipinski definition) is 6. The van der Waals surface area contributed by atoms with E-state index in [0.717, 1.165) is 24.5 Å². The Morgan fingerprint density at radius 2 is 1.67 bits per heavy atom. The molecule has 0 saturated carbocycles. The van der Waals surface area contributed by atoms with Crippen molar-refractivity contribution in [1.82, 2.24) is 24.2 Å². The van der Waals surface area contributed by atoms with Crippen LogP contribution in [0.4, 0.5) is 10.1 Å². The Bertz CT molecular complexity index is 1440. The molecule has 0 bridgehead atoms. The fourth-order valence-electron chi connectivity index (χ4n) is 4.51. The van der Waals surface area contributed by atoms with E-state index in [1.165, 1.54) is 27.6 Å². The highest BCUT2D eigenvalue weighted by Crippen LogP contribution is 2.21. The molecule has 9 nitrogen and oxygen atoms in total. The molecule has 5 rings (SSSR count). The van der Waals surface area contributed by atoms with Crippen molar-refractivity contribution in [2.24, 2.45) is 0 Å². The molecular weight excluding hydrogens is 463 g/mol. The highest BCUT2D eigenvalue weighted by molar-refractivity contribution is 5.77. The summed E-state index contributed by atoms with van der Waals surface area (Å²) in [6.45, 7) is 4.72. The minimum absolute atomic E-state index is 0.0118. The van der Waals surface area contributed by atoms with Gasteiger partial charge in [-0.15, -0.1) is 0 Å². The number of ether oxygens (including phenoxy) is 1. The van der Waals surface area contributed by atoms with Crippen molar-refractivity contribution in [2.75, 3.05) is 38.2 Å². The van der Waals surface area contributed by atoms with Crippen molar-refractivity contribution in [2.45, 2.75) is 19.9 Å². The van der Waals surface area contributed by atoms with Gasteiger partial charge in [-0.25, -0.2) is 14.1 Å². The zero-order chi connectivity index (χ0) is 25.2. The number of carbonyl (C=O) groups excluding carboxylic acids is 1. The number of methoxy groups -OCH3 is 1. The van der Waals surface area contributed by atoms with Crippen LogP contribution < -0.4 is 15.2 Å². The van der Waals surface area contributed by atoms with Gasteiger partial charge in [0.2, 0.25) is 5.91 Å². The quantitative estimate of drug-likeness (QED) is 0.413. The lowest BCUT2D eigenvalue weighted by Gasteiger charge is -2.36. The van der Waals surface area contributed by atoms with Crippen molar-refractivity contribution in [3.8, 4) is 11.4 Å². The highest BCUT2D eigenvalue weighted by Gasteiger charge is 2.22. The van der Waals surface area contributed by atoms with Crippen LogP contribution in [0.2, 0.25) is 0 Å². The van der Waals surface area contributed by atoms with Crippen LogP contribution in [0.25, 0.3) is 16.7 Å². The molecule has 2 aromatic heterocycles. The predicted octanol–water partition coefficient (Wildman–Crippen LogP) is 2.78. The number of aromatic nitrogens is 4. The number of piperazine rings is 1. The minimum atomic E-state index is -0.353. The van der Waals surface area contributed by atoms with Crippen molar-refractivity contribution >= 4 is 22.6 Å². The summed E-state index contributed by atoms with van der Waals surface area (Å²) in [5, 5.41) is 4.63. The number of aryl methyl sites for hydroxylation is 1. The van der Waals surface area contributed by atoms with E-state index in [2.05, 4.69) is 15.0 Å². The van der Waals surface area contributed by atoms with Gasteiger partial charge in [-0.1, -0.05) is 0 Å². The summed E-state index contributed by atoms with van der Waals surface area (Å²) in [6, 6.07) is 13.7. The Balaban J connectivity index is 1.24. The molecule has 3 heterocycles. The first-order valence-corrected chi connectivity index (χ1v) is 11.8. The molecule has 1 fully saturated rings. The third kappa shape index (κ3) is 4.53. The lowest BCUT2D eigenvalue weighted by atomic mass is 10.2. The molecule has 1 amide bonds. The van der Waals surface area contributed by atoms with Gasteiger partial charge in [0.15, 0.2) is 5.65 Å². The molecule has 1 aliphatic rings. The van der Waals surface area contributed by atoms with Gasteiger partial charge >= 0.3 is 0 Å². The number of rotatable bonds is 6. The summed E-state index contributed by atoms with van der Waals surface area (Å²) in [5.41, 5.74) is 1.87. The van der Waals surface area contributed by atoms with Crippen molar-refractivity contribution in [3.05, 3.63) is 76.7 Å². The second kappa shape index (κ2) is 9.80. The molecular formula is C26H27FN6O3. The largest absolute Gasteiger partial charge is 0.497 e. The molecule has 1 aliphatic heterocycles. The molecule has 0 spiro atoms. The number of nitrogens with zero attached hydrogens (tertiary/aromatic N) is 6. The predicted molar refractivity (Wildman–Crippen MR) is 134 cm³/mol. The smallest absolute Gasteiger partial charge is 0.264 e. The van der Waals surface area contributed by atoms with Gasteiger partial charge in [-0.2, -0.15) is 5.10 Å². The summed E-state index contributed by atoms with van der Waals surface area (Å²) in [5.74, 6) is 0.966. The molecule has 186 valence electrons. The molecule has 4 aromatic rings. The number of halogens is 1. The number of anilines is 1. The number of fused-ring (bicyclic) bond motifs is 1. The van der Waals surface area contributed by atoms with Crippen molar-refractivity contribution in [1.29, 1.82) is 0 Å². The van der Waals surface area contributed by atoms with E-state index < -0.39 is 0 Å². The molecule has 36 heavy (non-hydrogen) atoms. The van der Waals surface area contributed by atoms with Gasteiger partial charge in [0.1, 0.15) is 22.8 Å². The van der Waals surface area contributed by atoms with E-state index in [1.54, 1.807) is 26.2 Å². The second-order valence-corrected chi connectivity index (χ2v) is 8.70. The summed E-state index contributed by atoms with van der Waals surface area (Å²) in [6.07, 6.45) is 1.67. The SMILES string of the molecule is COc1ccc(N2CCN(C(=O)CCn3c(C)nc4c(cnn4-c4ccc(F)cc4)c3=O)CC2)cc1. The highest BCUT2D eigenvalue weighted by atomic mass is 19.1. The Morgan fingerprint density at radius 1 is 1.00 bits per heavy atom. The van der Waals surface area contributed by atoms with Gasteiger partial charge < -0.3 is 14.5 Å². The zero-order valence-electron chi connectivity index (χ0n) is 20.2. The summed E-state index contributed by atoms with van der Waals surface area (Å²) in [4.78, 5) is 34.7. The second-order valence-electron chi connectivity index (χ2n) is 8.70. The van der Waals surface area contributed by atoms with Crippen molar-refractivity contribution in [3.63, 3.8) is 0 Å². The summed E-state index contributed by atoms with van der Waals surface area (Å²) < 4.78 is 21.5. The van der Waals surface area contributed by atoms with Crippen molar-refractivity contribution < 1.29 is 13.9 Å².